The number of rotatable bonds is 3. The van der Waals surface area contributed by atoms with Gasteiger partial charge in [-0.1, -0.05) is 31.9 Å². The molecule has 0 saturated carbocycles. The summed E-state index contributed by atoms with van der Waals surface area (Å²) in [5.41, 5.74) is 0. The molecule has 0 bridgehead atoms. The molecule has 8 heavy (non-hydrogen) atoms. The van der Waals surface area contributed by atoms with Gasteiger partial charge in [0, 0.05) is 10.2 Å². The van der Waals surface area contributed by atoms with Crippen LogP contribution < -0.4 is 12.4 Å². The Morgan fingerprint density at radius 2 is 2.00 bits per heavy atom. The van der Waals surface area contributed by atoms with Gasteiger partial charge in [0.05, 0.1) is 6.16 Å². The van der Waals surface area contributed by atoms with E-state index in [1.165, 1.54) is 12.6 Å². The van der Waals surface area contributed by atoms with Gasteiger partial charge in [-0.3, -0.25) is 0 Å². The molecule has 52 valence electrons. The summed E-state index contributed by atoms with van der Waals surface area (Å²) in [7, 11) is 2.01. The van der Waals surface area contributed by atoms with E-state index in [0.29, 0.717) is 0 Å². The van der Waals surface area contributed by atoms with Gasteiger partial charge in [-0.05, 0) is 15.7 Å². The van der Waals surface area contributed by atoms with Gasteiger partial charge in [-0.2, -0.15) is 0 Å². The van der Waals surface area contributed by atoms with Crippen LogP contribution in [-0.2, 0) is 0 Å². The van der Waals surface area contributed by atoms with Crippen molar-refractivity contribution in [3.63, 3.8) is 0 Å². The minimum absolute atomic E-state index is 0. The Hall–Kier alpha value is 1.68. The van der Waals surface area contributed by atoms with Crippen molar-refractivity contribution in [2.75, 3.05) is 11.5 Å². The molecule has 0 amide bonds. The van der Waals surface area contributed by atoms with Gasteiger partial charge in [0.2, 0.25) is 0 Å². The van der Waals surface area contributed by atoms with Crippen molar-refractivity contribution in [1.29, 1.82) is 0 Å². The van der Waals surface area contributed by atoms with Gasteiger partial charge in [0.25, 0.3) is 0 Å². The average molecular weight is 284 g/mol. The Morgan fingerprint density at radius 3 is 2.12 bits per heavy atom. The normalized spacial score (nSPS) is 12.8. The molecule has 4 heteroatoms. The molecule has 2 unspecified atom stereocenters. The molecule has 0 aliphatic rings. The third-order valence-electron chi connectivity index (χ3n) is 0.736. The monoisotopic (exact) mass is 282 g/mol. The maximum atomic E-state index is 3.51. The largest absolute Gasteiger partial charge is 1.00 e. The fraction of sp³-hybridized carbons (Fsp3) is 1.00. The fourth-order valence-electron chi connectivity index (χ4n) is 0.263. The standard InChI is InChI=1S/C4H9Br2P.ClH/c5-2-1-4(6)3-7;/h4H,1-3,7H2;1H. The van der Waals surface area contributed by atoms with Crippen LogP contribution in [0.5, 0.6) is 0 Å². The Bertz CT molecular complexity index is 45.0. The summed E-state index contributed by atoms with van der Waals surface area (Å²) < 4.78 is 0. The zero-order chi connectivity index (χ0) is 5.70. The summed E-state index contributed by atoms with van der Waals surface area (Å²) >= 11 is 6.88. The first kappa shape index (κ1) is 12.4. The van der Waals surface area contributed by atoms with Crippen molar-refractivity contribution in [3.8, 4) is 0 Å². The molecule has 0 radical (unpaired) electrons. The van der Waals surface area contributed by atoms with Gasteiger partial charge in [0.15, 0.2) is 0 Å². The van der Waals surface area contributed by atoms with Crippen LogP contribution in [0.3, 0.4) is 0 Å². The van der Waals surface area contributed by atoms with Crippen LogP contribution in [0, 0.1) is 0 Å². The van der Waals surface area contributed by atoms with E-state index >= 15 is 0 Å². The molecule has 0 rings (SSSR count). The fourth-order valence-corrected chi connectivity index (χ4v) is 1.95. The molecule has 0 nitrogen and oxygen atoms in total. The molecule has 2 atom stereocenters. The predicted molar refractivity (Wildman–Crippen MR) is 47.1 cm³/mol. The average Bonchev–Trinajstić information content (AvgIpc) is 1.68. The first-order chi connectivity index (χ1) is 3.31. The highest BCUT2D eigenvalue weighted by Gasteiger charge is 1.99. The minimum atomic E-state index is 0. The summed E-state index contributed by atoms with van der Waals surface area (Å²) in [5, 5.41) is 1.11. The molecule has 0 aromatic heterocycles. The third-order valence-corrected chi connectivity index (χ3v) is 3.65. The van der Waals surface area contributed by atoms with E-state index in [1.54, 1.807) is 0 Å². The van der Waals surface area contributed by atoms with Crippen LogP contribution in [0.25, 0.3) is 0 Å². The van der Waals surface area contributed by atoms with E-state index in [2.05, 4.69) is 31.9 Å². The maximum Gasteiger partial charge on any atom is 0.0651 e. The van der Waals surface area contributed by atoms with Crippen LogP contribution in [0.4, 0.5) is 0 Å². The Labute approximate surface area is 76.1 Å². The lowest BCUT2D eigenvalue weighted by molar-refractivity contribution is -0.00000119. The highest BCUT2D eigenvalue weighted by molar-refractivity contribution is 9.10. The zero-order valence-electron chi connectivity index (χ0n) is 4.54. The second kappa shape index (κ2) is 8.68. The highest BCUT2D eigenvalue weighted by Crippen LogP contribution is 2.08. The summed E-state index contributed by atoms with van der Waals surface area (Å²) in [4.78, 5) is 0.727. The van der Waals surface area contributed by atoms with Crippen LogP contribution in [0.1, 0.15) is 6.42 Å². The molecule has 0 heterocycles. The summed E-state index contributed by atoms with van der Waals surface area (Å²) in [5.74, 6) is 0. The molecule has 0 saturated heterocycles. The van der Waals surface area contributed by atoms with Gasteiger partial charge in [0.1, 0.15) is 0 Å². The third kappa shape index (κ3) is 7.68. The van der Waals surface area contributed by atoms with E-state index < -0.39 is 0 Å². The number of halogens is 3. The summed E-state index contributed by atoms with van der Waals surface area (Å²) in [6.45, 7) is 0. The van der Waals surface area contributed by atoms with Gasteiger partial charge >= 0.3 is 0 Å². The molecule has 0 aromatic carbocycles. The minimum Gasteiger partial charge on any atom is -1.00 e. The Morgan fingerprint density at radius 1 is 1.50 bits per heavy atom. The van der Waals surface area contributed by atoms with E-state index in [1.807, 2.05) is 9.24 Å². The lowest BCUT2D eigenvalue weighted by Crippen LogP contribution is -3.00. The summed E-state index contributed by atoms with van der Waals surface area (Å²) in [6, 6.07) is 0. The first-order valence-electron chi connectivity index (χ1n) is 2.30. The maximum absolute atomic E-state index is 3.51. The van der Waals surface area contributed by atoms with Crippen molar-refractivity contribution in [2.24, 2.45) is 0 Å². The van der Waals surface area contributed by atoms with Crippen molar-refractivity contribution in [2.45, 2.75) is 11.2 Å². The topological polar surface area (TPSA) is 0 Å². The van der Waals surface area contributed by atoms with Crippen LogP contribution in [0.2, 0.25) is 0 Å². The molecular formula is C4H10Br2ClP. The highest BCUT2D eigenvalue weighted by atomic mass is 79.9. The van der Waals surface area contributed by atoms with Crippen molar-refractivity contribution >= 4 is 41.1 Å². The van der Waals surface area contributed by atoms with Crippen LogP contribution in [-0.4, -0.2) is 16.3 Å². The molecule has 0 spiro atoms. The van der Waals surface area contributed by atoms with E-state index in [9.17, 15) is 0 Å². The van der Waals surface area contributed by atoms with E-state index in [-0.39, 0.29) is 12.4 Å². The predicted octanol–water partition coefficient (Wildman–Crippen LogP) is -0.854. The molecule has 0 aromatic rings. The van der Waals surface area contributed by atoms with Crippen molar-refractivity contribution in [1.82, 2.24) is 0 Å². The zero-order valence-corrected chi connectivity index (χ0v) is 9.88. The Balaban J connectivity index is 0. The number of hydrogen-bond donors (Lipinski definition) is 0. The number of hydrogen-bond acceptors (Lipinski definition) is 0. The lowest BCUT2D eigenvalue weighted by atomic mass is 10.4. The Kier molecular flexibility index (Phi) is 13.4. The molecular weight excluding hydrogens is 274 g/mol. The summed E-state index contributed by atoms with van der Waals surface area (Å²) in [6.07, 6.45) is 2.50. The molecule has 0 aliphatic heterocycles. The SMILES string of the molecule is [Cl-].[PH3+]CC(Br)CCBr. The van der Waals surface area contributed by atoms with Crippen LogP contribution in [0.15, 0.2) is 0 Å². The van der Waals surface area contributed by atoms with Crippen molar-refractivity contribution < 1.29 is 12.4 Å². The molecule has 0 fully saturated rings. The molecule has 0 N–H and O–H groups in total. The van der Waals surface area contributed by atoms with E-state index in [0.717, 1.165) is 10.2 Å². The van der Waals surface area contributed by atoms with Gasteiger partial charge in [-0.15, -0.1) is 0 Å². The van der Waals surface area contributed by atoms with Gasteiger partial charge in [-0.25, -0.2) is 0 Å². The quantitative estimate of drug-likeness (QED) is 0.468. The second-order valence-electron chi connectivity index (χ2n) is 1.36. The van der Waals surface area contributed by atoms with Gasteiger partial charge < -0.3 is 12.4 Å². The van der Waals surface area contributed by atoms with E-state index in [4.69, 9.17) is 0 Å². The lowest BCUT2D eigenvalue weighted by Gasteiger charge is -1.96. The van der Waals surface area contributed by atoms with Crippen LogP contribution >= 0.6 is 41.1 Å². The van der Waals surface area contributed by atoms with Crippen molar-refractivity contribution in [3.05, 3.63) is 0 Å². The smallest absolute Gasteiger partial charge is 0.0651 e. The first-order valence-corrected chi connectivity index (χ1v) is 5.34. The second-order valence-corrected chi connectivity index (χ2v) is 4.03. The number of alkyl halides is 2. The molecule has 0 aliphatic carbocycles.